The van der Waals surface area contributed by atoms with Crippen LogP contribution < -0.4 is 5.32 Å². The van der Waals surface area contributed by atoms with Crippen LogP contribution in [0.3, 0.4) is 0 Å². The van der Waals surface area contributed by atoms with Gasteiger partial charge >= 0.3 is 0 Å². The number of nitrogens with zero attached hydrogens (tertiary/aromatic N) is 2. The molecule has 3 heterocycles. The summed E-state index contributed by atoms with van der Waals surface area (Å²) in [5, 5.41) is 17.9. The first kappa shape index (κ1) is 14.9. The van der Waals surface area contributed by atoms with Gasteiger partial charge < -0.3 is 15.2 Å². The van der Waals surface area contributed by atoms with E-state index in [0.717, 1.165) is 50.3 Å². The second-order valence-electron chi connectivity index (χ2n) is 6.41. The summed E-state index contributed by atoms with van der Waals surface area (Å²) in [5.74, 6) is 0. The third kappa shape index (κ3) is 2.92. The van der Waals surface area contributed by atoms with E-state index >= 15 is 0 Å². The van der Waals surface area contributed by atoms with Crippen LogP contribution in [0.25, 0.3) is 11.3 Å². The smallest absolute Gasteiger partial charge is 0.0747 e. The van der Waals surface area contributed by atoms with E-state index in [-0.39, 0.29) is 12.1 Å². The molecular formula is C18H23N3O2. The van der Waals surface area contributed by atoms with Crippen molar-refractivity contribution in [3.63, 3.8) is 0 Å². The van der Waals surface area contributed by atoms with Crippen molar-refractivity contribution in [2.75, 3.05) is 19.8 Å². The van der Waals surface area contributed by atoms with Crippen molar-refractivity contribution >= 4 is 0 Å². The summed E-state index contributed by atoms with van der Waals surface area (Å²) in [5.41, 5.74) is 3.48. The Morgan fingerprint density at radius 1 is 1.09 bits per heavy atom. The first-order valence-corrected chi connectivity index (χ1v) is 8.46. The Hall–Kier alpha value is -1.69. The predicted molar refractivity (Wildman–Crippen MR) is 88.1 cm³/mol. The fourth-order valence-electron chi connectivity index (χ4n) is 3.65. The minimum absolute atomic E-state index is 0.0597. The first-order valence-electron chi connectivity index (χ1n) is 8.46. The molecule has 0 aliphatic carbocycles. The minimum atomic E-state index is -0.284. The molecule has 5 nitrogen and oxygen atoms in total. The number of hydrogen-bond acceptors (Lipinski definition) is 4. The Bertz CT molecular complexity index is 647. The molecule has 2 aromatic rings. The second kappa shape index (κ2) is 6.43. The van der Waals surface area contributed by atoms with Crippen molar-refractivity contribution in [3.8, 4) is 11.3 Å². The van der Waals surface area contributed by atoms with Gasteiger partial charge in [0.2, 0.25) is 0 Å². The van der Waals surface area contributed by atoms with Crippen LogP contribution in [0.2, 0.25) is 0 Å². The van der Waals surface area contributed by atoms with Crippen molar-refractivity contribution in [1.29, 1.82) is 0 Å². The number of nitrogens with one attached hydrogen (secondary N) is 1. The number of benzene rings is 1. The highest BCUT2D eigenvalue weighted by Gasteiger charge is 2.26. The van der Waals surface area contributed by atoms with Gasteiger partial charge in [-0.05, 0) is 43.0 Å². The Balaban J connectivity index is 1.58. The van der Waals surface area contributed by atoms with Crippen molar-refractivity contribution in [2.24, 2.45) is 0 Å². The van der Waals surface area contributed by atoms with E-state index < -0.39 is 0 Å². The number of aromatic nitrogens is 2. The molecule has 0 saturated carbocycles. The van der Waals surface area contributed by atoms with E-state index in [1.807, 2.05) is 6.20 Å². The van der Waals surface area contributed by atoms with E-state index in [0.29, 0.717) is 6.04 Å². The third-order valence-electron chi connectivity index (χ3n) is 4.96. The molecule has 1 aromatic carbocycles. The van der Waals surface area contributed by atoms with Crippen molar-refractivity contribution < 1.29 is 9.84 Å². The number of aliphatic hydroxyl groups excluding tert-OH is 1. The van der Waals surface area contributed by atoms with E-state index in [9.17, 15) is 5.11 Å². The third-order valence-corrected chi connectivity index (χ3v) is 4.96. The molecule has 2 aliphatic heterocycles. The molecule has 5 heteroatoms. The molecule has 2 atom stereocenters. The maximum atomic E-state index is 10.0. The Morgan fingerprint density at radius 3 is 2.57 bits per heavy atom. The van der Waals surface area contributed by atoms with Crippen LogP contribution in [0, 0.1) is 0 Å². The maximum Gasteiger partial charge on any atom is 0.0747 e. The van der Waals surface area contributed by atoms with Crippen molar-refractivity contribution in [1.82, 2.24) is 15.1 Å². The Morgan fingerprint density at radius 2 is 1.87 bits per heavy atom. The summed E-state index contributed by atoms with van der Waals surface area (Å²) in [6.45, 7) is 2.51. The van der Waals surface area contributed by atoms with Crippen molar-refractivity contribution in [2.45, 2.75) is 37.5 Å². The first-order chi connectivity index (χ1) is 11.3. The highest BCUT2D eigenvalue weighted by atomic mass is 16.5. The van der Waals surface area contributed by atoms with Gasteiger partial charge in [-0.3, -0.25) is 4.68 Å². The molecule has 1 aromatic heterocycles. The molecule has 122 valence electrons. The molecule has 0 radical (unpaired) electrons. The summed E-state index contributed by atoms with van der Waals surface area (Å²) in [6, 6.07) is 11.1. The molecular weight excluding hydrogens is 290 g/mol. The molecule has 2 aliphatic rings. The predicted octanol–water partition coefficient (Wildman–Crippen LogP) is 2.30. The fraction of sp³-hybridized carbons (Fsp3) is 0.500. The van der Waals surface area contributed by atoms with Crippen LogP contribution >= 0.6 is 0 Å². The van der Waals surface area contributed by atoms with Gasteiger partial charge in [-0.25, -0.2) is 0 Å². The average Bonchev–Trinajstić information content (AvgIpc) is 3.25. The minimum Gasteiger partial charge on any atom is -0.391 e. The van der Waals surface area contributed by atoms with E-state index in [2.05, 4.69) is 45.4 Å². The molecule has 2 N–H and O–H groups in total. The normalized spacial score (nSPS) is 25.8. The molecule has 0 unspecified atom stereocenters. The van der Waals surface area contributed by atoms with E-state index in [4.69, 9.17) is 4.74 Å². The van der Waals surface area contributed by atoms with Gasteiger partial charge in [-0.15, -0.1) is 0 Å². The van der Waals surface area contributed by atoms with Crippen LogP contribution in [0.5, 0.6) is 0 Å². The second-order valence-corrected chi connectivity index (χ2v) is 6.41. The van der Waals surface area contributed by atoms with Gasteiger partial charge in [-0.1, -0.05) is 24.3 Å². The van der Waals surface area contributed by atoms with Gasteiger partial charge in [0.1, 0.15) is 0 Å². The topological polar surface area (TPSA) is 59.3 Å². The van der Waals surface area contributed by atoms with Gasteiger partial charge in [0.05, 0.1) is 23.9 Å². The zero-order chi connectivity index (χ0) is 15.6. The number of aliphatic hydroxyl groups is 1. The monoisotopic (exact) mass is 313 g/mol. The highest BCUT2D eigenvalue weighted by molar-refractivity contribution is 5.60. The molecule has 0 amide bonds. The largest absolute Gasteiger partial charge is 0.391 e. The van der Waals surface area contributed by atoms with Gasteiger partial charge in [0.25, 0.3) is 0 Å². The van der Waals surface area contributed by atoms with Crippen LogP contribution in [0.1, 0.15) is 36.9 Å². The average molecular weight is 313 g/mol. The number of ether oxygens (including phenoxy) is 1. The fourth-order valence-corrected chi connectivity index (χ4v) is 3.65. The van der Waals surface area contributed by atoms with Gasteiger partial charge in [0, 0.05) is 19.4 Å². The Labute approximate surface area is 136 Å². The maximum absolute atomic E-state index is 10.0. The van der Waals surface area contributed by atoms with Crippen LogP contribution in [0.4, 0.5) is 0 Å². The highest BCUT2D eigenvalue weighted by Crippen LogP contribution is 2.30. The molecule has 2 saturated heterocycles. The summed E-state index contributed by atoms with van der Waals surface area (Å²) < 4.78 is 7.59. The van der Waals surface area contributed by atoms with Gasteiger partial charge in [0.15, 0.2) is 0 Å². The molecule has 4 rings (SSSR count). The van der Waals surface area contributed by atoms with E-state index in [1.165, 1.54) is 5.56 Å². The molecule has 23 heavy (non-hydrogen) atoms. The number of rotatable bonds is 3. The molecule has 0 bridgehead atoms. The van der Waals surface area contributed by atoms with Crippen LogP contribution in [-0.2, 0) is 4.74 Å². The lowest BCUT2D eigenvalue weighted by Crippen LogP contribution is -2.21. The van der Waals surface area contributed by atoms with Gasteiger partial charge in [-0.2, -0.15) is 5.10 Å². The zero-order valence-electron chi connectivity index (χ0n) is 13.2. The van der Waals surface area contributed by atoms with Crippen molar-refractivity contribution in [3.05, 3.63) is 42.1 Å². The zero-order valence-corrected chi connectivity index (χ0v) is 13.2. The lowest BCUT2D eigenvalue weighted by molar-refractivity contribution is 0.0667. The summed E-state index contributed by atoms with van der Waals surface area (Å²) in [7, 11) is 0. The summed E-state index contributed by atoms with van der Waals surface area (Å²) in [4.78, 5) is 0. The van der Waals surface area contributed by atoms with E-state index in [1.54, 1.807) is 0 Å². The van der Waals surface area contributed by atoms with Crippen LogP contribution in [-0.4, -0.2) is 40.7 Å². The lowest BCUT2D eigenvalue weighted by atomic mass is 10.0. The lowest BCUT2D eigenvalue weighted by Gasteiger charge is -2.24. The number of hydrogen-bond donors (Lipinski definition) is 2. The summed E-state index contributed by atoms with van der Waals surface area (Å²) >= 11 is 0. The molecule has 0 spiro atoms. The standard InChI is InChI=1S/C18H23N3O2/c22-17-6-9-19-18(17)14-3-1-13(2-4-14)16-5-10-20-21(16)15-7-11-23-12-8-15/h1-5,10,15,17-19,22H,6-9,11-12H2/t17-,18-/m1/s1. The SMILES string of the molecule is O[C@@H]1CCN[C@@H]1c1ccc(-c2ccnn2C2CCOCC2)cc1. The summed E-state index contributed by atoms with van der Waals surface area (Å²) in [6.07, 6.45) is 4.45. The Kier molecular flexibility index (Phi) is 4.16. The quantitative estimate of drug-likeness (QED) is 0.913. The van der Waals surface area contributed by atoms with Crippen LogP contribution in [0.15, 0.2) is 36.5 Å². The molecule has 2 fully saturated rings.